The lowest BCUT2D eigenvalue weighted by atomic mass is 10.2. The lowest BCUT2D eigenvalue weighted by Gasteiger charge is -2.20. The molecule has 2 aliphatic heterocycles. The summed E-state index contributed by atoms with van der Waals surface area (Å²) in [6, 6.07) is 7.72. The Morgan fingerprint density at radius 1 is 1.29 bits per heavy atom. The zero-order valence-electron chi connectivity index (χ0n) is 12.6. The van der Waals surface area contributed by atoms with E-state index in [9.17, 15) is 9.59 Å². The number of carbonyl (C=O) groups excluding carboxylic acids is 1. The Bertz CT molecular complexity index is 776. The van der Waals surface area contributed by atoms with Crippen LogP contribution in [0, 0.1) is 0 Å². The van der Waals surface area contributed by atoms with Gasteiger partial charge in [-0.1, -0.05) is 54.0 Å². The average Bonchev–Trinajstić information content (AvgIpc) is 3.05. The summed E-state index contributed by atoms with van der Waals surface area (Å²) >= 11 is 8.03. The van der Waals surface area contributed by atoms with Crippen molar-refractivity contribution in [2.45, 2.75) is 11.3 Å². The molecule has 0 saturated carbocycles. The van der Waals surface area contributed by atoms with Crippen LogP contribution in [-0.2, 0) is 9.59 Å². The van der Waals surface area contributed by atoms with Gasteiger partial charge in [-0.3, -0.25) is 14.5 Å². The predicted octanol–water partition coefficient (Wildman–Crippen LogP) is 3.29. The second-order valence-corrected chi connectivity index (χ2v) is 7.75. The lowest BCUT2D eigenvalue weighted by Crippen LogP contribution is -2.29. The number of carboxylic acid groups (broad SMARTS) is 1. The summed E-state index contributed by atoms with van der Waals surface area (Å²) in [5, 5.41) is 9.77. The summed E-state index contributed by atoms with van der Waals surface area (Å²) in [4.78, 5) is 28.6. The van der Waals surface area contributed by atoms with Gasteiger partial charge in [-0.2, -0.15) is 0 Å². The van der Waals surface area contributed by atoms with Gasteiger partial charge in [0.15, 0.2) is 0 Å². The van der Waals surface area contributed by atoms with Crippen molar-refractivity contribution in [1.29, 1.82) is 0 Å². The maximum Gasteiger partial charge on any atom is 0.305 e. The third-order valence-electron chi connectivity index (χ3n) is 3.51. The quantitative estimate of drug-likeness (QED) is 0.479. The molecule has 1 fully saturated rings. The zero-order valence-corrected chi connectivity index (χ0v) is 15.0. The molecular formula is C16H14N2O3S3. The first-order chi connectivity index (χ1) is 11.5. The average molecular weight is 379 g/mol. The molecule has 0 bridgehead atoms. The fraction of sp³-hybridized carbons (Fsp3) is 0.188. The third kappa shape index (κ3) is 3.09. The third-order valence-corrected chi connectivity index (χ3v) is 6.26. The number of thioether (sulfide) groups is 2. The van der Waals surface area contributed by atoms with Crippen molar-refractivity contribution in [3.05, 3.63) is 46.9 Å². The zero-order chi connectivity index (χ0) is 17.3. The van der Waals surface area contributed by atoms with Crippen LogP contribution in [0.4, 0.5) is 5.69 Å². The molecule has 0 aliphatic carbocycles. The molecule has 0 spiro atoms. The SMILES string of the molecule is C=CCN1C(=O)/C(=C2/Sc3ccccc3N2CCC(=O)O)SC1=S. The second kappa shape index (κ2) is 7.00. The van der Waals surface area contributed by atoms with Gasteiger partial charge in [-0.15, -0.1) is 6.58 Å². The normalized spacial score (nSPS) is 19.8. The molecule has 0 aromatic heterocycles. The number of anilines is 1. The Hall–Kier alpha value is -1.77. The highest BCUT2D eigenvalue weighted by Crippen LogP contribution is 2.50. The smallest absolute Gasteiger partial charge is 0.305 e. The molecule has 1 aromatic rings. The van der Waals surface area contributed by atoms with Gasteiger partial charge in [0.05, 0.1) is 12.1 Å². The van der Waals surface area contributed by atoms with Gasteiger partial charge in [0.1, 0.15) is 14.3 Å². The number of rotatable bonds is 5. The maximum atomic E-state index is 12.7. The number of fused-ring (bicyclic) bond motifs is 1. The predicted molar refractivity (Wildman–Crippen MR) is 101 cm³/mol. The van der Waals surface area contributed by atoms with Gasteiger partial charge in [0, 0.05) is 18.0 Å². The minimum Gasteiger partial charge on any atom is -0.481 e. The van der Waals surface area contributed by atoms with E-state index in [0.29, 0.717) is 22.3 Å². The van der Waals surface area contributed by atoms with Crippen molar-refractivity contribution in [1.82, 2.24) is 4.90 Å². The van der Waals surface area contributed by atoms with Crippen LogP contribution >= 0.6 is 35.7 Å². The number of amides is 1. The first kappa shape index (κ1) is 17.1. The molecule has 1 aromatic carbocycles. The monoisotopic (exact) mass is 378 g/mol. The molecule has 0 radical (unpaired) electrons. The van der Waals surface area contributed by atoms with Crippen molar-refractivity contribution in [2.75, 3.05) is 18.0 Å². The van der Waals surface area contributed by atoms with Crippen molar-refractivity contribution < 1.29 is 14.7 Å². The van der Waals surface area contributed by atoms with Gasteiger partial charge in [-0.05, 0) is 12.1 Å². The molecule has 0 atom stereocenters. The number of aliphatic carboxylic acids is 1. The Morgan fingerprint density at radius 3 is 2.75 bits per heavy atom. The summed E-state index contributed by atoms with van der Waals surface area (Å²) in [7, 11) is 0. The van der Waals surface area contributed by atoms with E-state index < -0.39 is 5.97 Å². The van der Waals surface area contributed by atoms with Crippen LogP contribution in [-0.4, -0.2) is 39.3 Å². The standard InChI is InChI=1S/C16H14N2O3S3/c1-2-8-18-14(21)13(24-16(18)22)15-17(9-7-12(19)20)10-5-3-4-6-11(10)23-15/h2-6H,1,7-9H2,(H,19,20)/b15-13-. The molecule has 24 heavy (non-hydrogen) atoms. The van der Waals surface area contributed by atoms with Gasteiger partial charge in [0.2, 0.25) is 0 Å². The van der Waals surface area contributed by atoms with Crippen molar-refractivity contribution in [3.8, 4) is 0 Å². The van der Waals surface area contributed by atoms with E-state index in [-0.39, 0.29) is 12.3 Å². The lowest BCUT2D eigenvalue weighted by molar-refractivity contribution is -0.136. The van der Waals surface area contributed by atoms with E-state index in [1.165, 1.54) is 28.4 Å². The maximum absolute atomic E-state index is 12.7. The fourth-order valence-corrected chi connectivity index (χ4v) is 5.06. The number of carbonyl (C=O) groups is 2. The molecule has 124 valence electrons. The van der Waals surface area contributed by atoms with E-state index in [2.05, 4.69) is 6.58 Å². The Labute approximate surface area is 153 Å². The topological polar surface area (TPSA) is 60.9 Å². The molecule has 0 unspecified atom stereocenters. The van der Waals surface area contributed by atoms with Gasteiger partial charge >= 0.3 is 5.97 Å². The fourth-order valence-electron chi connectivity index (χ4n) is 2.45. The molecule has 1 amide bonds. The molecule has 2 aliphatic rings. The van der Waals surface area contributed by atoms with E-state index in [1.807, 2.05) is 29.2 Å². The highest BCUT2D eigenvalue weighted by molar-refractivity contribution is 8.27. The number of carboxylic acids is 1. The minimum absolute atomic E-state index is 0.00858. The van der Waals surface area contributed by atoms with E-state index in [1.54, 1.807) is 6.08 Å². The van der Waals surface area contributed by atoms with Crippen LogP contribution in [0.25, 0.3) is 0 Å². The van der Waals surface area contributed by atoms with E-state index >= 15 is 0 Å². The van der Waals surface area contributed by atoms with Crippen LogP contribution < -0.4 is 4.90 Å². The number of hydrogen-bond acceptors (Lipinski definition) is 6. The molecule has 1 N–H and O–H groups in total. The number of benzene rings is 1. The van der Waals surface area contributed by atoms with E-state index in [4.69, 9.17) is 17.3 Å². The number of thiocarbonyl (C=S) groups is 1. The highest BCUT2D eigenvalue weighted by Gasteiger charge is 2.38. The molecular weight excluding hydrogens is 364 g/mol. The second-order valence-electron chi connectivity index (χ2n) is 5.07. The number of nitrogens with zero attached hydrogens (tertiary/aromatic N) is 2. The van der Waals surface area contributed by atoms with Crippen molar-refractivity contribution >= 4 is 57.6 Å². The van der Waals surface area contributed by atoms with Gasteiger partial charge < -0.3 is 10.0 Å². The van der Waals surface area contributed by atoms with Crippen molar-refractivity contribution in [2.24, 2.45) is 0 Å². The summed E-state index contributed by atoms with van der Waals surface area (Å²) < 4.78 is 0.497. The van der Waals surface area contributed by atoms with Crippen LogP contribution in [0.2, 0.25) is 0 Å². The summed E-state index contributed by atoms with van der Waals surface area (Å²) in [5.74, 6) is -1.02. The summed E-state index contributed by atoms with van der Waals surface area (Å²) in [6.07, 6.45) is 1.63. The first-order valence-electron chi connectivity index (χ1n) is 7.18. The first-order valence-corrected chi connectivity index (χ1v) is 9.22. The Kier molecular flexibility index (Phi) is 4.98. The molecule has 1 saturated heterocycles. The van der Waals surface area contributed by atoms with Crippen LogP contribution in [0.1, 0.15) is 6.42 Å². The highest BCUT2D eigenvalue weighted by atomic mass is 32.2. The van der Waals surface area contributed by atoms with Crippen LogP contribution in [0.3, 0.4) is 0 Å². The Balaban J connectivity index is 1.99. The molecule has 2 heterocycles. The summed E-state index contributed by atoms with van der Waals surface area (Å²) in [5.41, 5.74) is 0.924. The largest absolute Gasteiger partial charge is 0.481 e. The summed E-state index contributed by atoms with van der Waals surface area (Å²) in [6.45, 7) is 4.33. The minimum atomic E-state index is -0.872. The number of para-hydroxylation sites is 1. The van der Waals surface area contributed by atoms with Crippen LogP contribution in [0.5, 0.6) is 0 Å². The van der Waals surface area contributed by atoms with Gasteiger partial charge in [-0.25, -0.2) is 0 Å². The van der Waals surface area contributed by atoms with E-state index in [0.717, 1.165) is 15.6 Å². The number of hydrogen-bond donors (Lipinski definition) is 1. The van der Waals surface area contributed by atoms with Crippen LogP contribution in [0.15, 0.2) is 51.8 Å². The Morgan fingerprint density at radius 2 is 2.04 bits per heavy atom. The molecule has 8 heteroatoms. The molecule has 5 nitrogen and oxygen atoms in total. The van der Waals surface area contributed by atoms with Crippen molar-refractivity contribution in [3.63, 3.8) is 0 Å². The van der Waals surface area contributed by atoms with Gasteiger partial charge in [0.25, 0.3) is 5.91 Å². The molecule has 3 rings (SSSR count).